The van der Waals surface area contributed by atoms with E-state index in [4.69, 9.17) is 14.2 Å². The van der Waals surface area contributed by atoms with Gasteiger partial charge in [0.15, 0.2) is 22.4 Å². The Balaban J connectivity index is 1.66. The smallest absolute Gasteiger partial charge is 0.301 e. The molecule has 2 aromatic carbocycles. The Hall–Kier alpha value is -4.18. The third-order valence-electron chi connectivity index (χ3n) is 7.46. The van der Waals surface area contributed by atoms with Crippen LogP contribution in [0.15, 0.2) is 42.0 Å². The summed E-state index contributed by atoms with van der Waals surface area (Å²) < 4.78 is 17.7. The Labute approximate surface area is 255 Å². The molecule has 1 saturated heterocycles. The monoisotopic (exact) mass is 604 g/mol. The predicted molar refractivity (Wildman–Crippen MR) is 164 cm³/mol. The summed E-state index contributed by atoms with van der Waals surface area (Å²) in [4.78, 5) is 45.8. The van der Waals surface area contributed by atoms with E-state index in [1.165, 1.54) is 11.8 Å². The first-order chi connectivity index (χ1) is 20.5. The second-order valence-electron chi connectivity index (χ2n) is 11.3. The maximum Gasteiger partial charge on any atom is 0.301 e. The van der Waals surface area contributed by atoms with Gasteiger partial charge in [-0.1, -0.05) is 31.3 Å². The van der Waals surface area contributed by atoms with Gasteiger partial charge in [0, 0.05) is 18.9 Å². The van der Waals surface area contributed by atoms with Crippen molar-refractivity contribution in [1.29, 1.82) is 0 Å². The van der Waals surface area contributed by atoms with Crippen molar-refractivity contribution in [3.63, 3.8) is 0 Å². The number of hydrogen-bond donors (Lipinski definition) is 1. The van der Waals surface area contributed by atoms with Crippen molar-refractivity contribution in [2.75, 3.05) is 18.1 Å². The summed E-state index contributed by atoms with van der Waals surface area (Å²) in [5.41, 5.74) is 2.22. The molecule has 1 N–H and O–H groups in total. The molecule has 0 unspecified atom stereocenters. The number of amides is 1. The van der Waals surface area contributed by atoms with E-state index >= 15 is 0 Å². The number of hydrogen-bond acceptors (Lipinski definition) is 9. The van der Waals surface area contributed by atoms with Crippen LogP contribution in [0.5, 0.6) is 17.2 Å². The Bertz CT molecular complexity index is 1620. The fourth-order valence-corrected chi connectivity index (χ4v) is 6.36. The minimum atomic E-state index is -1.03. The molecule has 1 amide bonds. The number of ketones is 2. The number of aromatic nitrogens is 1. The van der Waals surface area contributed by atoms with E-state index in [0.717, 1.165) is 29.1 Å². The fraction of sp³-hybridized carbons (Fsp3) is 0.394. The largest absolute Gasteiger partial charge is 0.507 e. The van der Waals surface area contributed by atoms with Gasteiger partial charge < -0.3 is 19.3 Å². The van der Waals surface area contributed by atoms with Gasteiger partial charge in [0.25, 0.3) is 5.78 Å². The number of Topliss-reactive ketones (excluding diaryl/α,β-unsaturated/α-hetero) is 2. The number of thiazole rings is 1. The van der Waals surface area contributed by atoms with Gasteiger partial charge >= 0.3 is 5.91 Å². The Morgan fingerprint density at radius 2 is 1.93 bits per heavy atom. The molecule has 0 aliphatic carbocycles. The van der Waals surface area contributed by atoms with Crippen LogP contribution in [-0.4, -0.2) is 46.9 Å². The molecule has 1 fully saturated rings. The number of carbonyl (C=O) groups is 3. The van der Waals surface area contributed by atoms with E-state index in [1.807, 2.05) is 13.8 Å². The highest BCUT2D eigenvalue weighted by Crippen LogP contribution is 2.46. The lowest BCUT2D eigenvalue weighted by Crippen LogP contribution is -2.29. The van der Waals surface area contributed by atoms with Crippen LogP contribution in [0.2, 0.25) is 0 Å². The second-order valence-corrected chi connectivity index (χ2v) is 12.2. The minimum absolute atomic E-state index is 0.000140. The van der Waals surface area contributed by atoms with Crippen LogP contribution in [0.25, 0.3) is 5.76 Å². The highest BCUT2D eigenvalue weighted by Gasteiger charge is 2.48. The molecule has 3 heterocycles. The van der Waals surface area contributed by atoms with Gasteiger partial charge in [0.2, 0.25) is 0 Å². The number of anilines is 1. The Morgan fingerprint density at radius 3 is 2.60 bits per heavy atom. The summed E-state index contributed by atoms with van der Waals surface area (Å²) in [5, 5.41) is 11.9. The minimum Gasteiger partial charge on any atom is -0.507 e. The van der Waals surface area contributed by atoms with Gasteiger partial charge in [-0.2, -0.15) is 0 Å². The van der Waals surface area contributed by atoms with Crippen LogP contribution in [-0.2, 0) is 16.0 Å². The van der Waals surface area contributed by atoms with Gasteiger partial charge in [-0.25, -0.2) is 4.98 Å². The molecule has 43 heavy (non-hydrogen) atoms. The molecule has 0 radical (unpaired) electrons. The topological polar surface area (TPSA) is 115 Å². The SMILES string of the molecule is CCOc1cc([C@H]2C(=C(O)c3ccc4c(c3)C[C@H](C)O4)C(=O)C(=O)N2c2nc(C)c(C(C)=O)s2)ccc1OCCC(C)C. The van der Waals surface area contributed by atoms with Gasteiger partial charge in [-0.3, -0.25) is 19.3 Å². The maximum absolute atomic E-state index is 13.7. The summed E-state index contributed by atoms with van der Waals surface area (Å²) >= 11 is 1.04. The lowest BCUT2D eigenvalue weighted by molar-refractivity contribution is -0.132. The summed E-state index contributed by atoms with van der Waals surface area (Å²) in [5.74, 6) is 0.00568. The van der Waals surface area contributed by atoms with Crippen LogP contribution in [0.3, 0.4) is 0 Å². The van der Waals surface area contributed by atoms with E-state index in [9.17, 15) is 19.5 Å². The summed E-state index contributed by atoms with van der Waals surface area (Å²) in [7, 11) is 0. The van der Waals surface area contributed by atoms with Gasteiger partial charge in [-0.05, 0) is 74.6 Å². The van der Waals surface area contributed by atoms with Crippen molar-refractivity contribution in [2.45, 2.75) is 66.5 Å². The van der Waals surface area contributed by atoms with Crippen molar-refractivity contribution in [1.82, 2.24) is 4.98 Å². The first-order valence-corrected chi connectivity index (χ1v) is 15.3. The van der Waals surface area contributed by atoms with Crippen LogP contribution in [0, 0.1) is 12.8 Å². The van der Waals surface area contributed by atoms with Crippen molar-refractivity contribution in [2.24, 2.45) is 5.92 Å². The lowest BCUT2D eigenvalue weighted by Gasteiger charge is -2.24. The van der Waals surface area contributed by atoms with E-state index in [0.29, 0.717) is 58.7 Å². The van der Waals surface area contributed by atoms with Crippen molar-refractivity contribution in [3.8, 4) is 17.2 Å². The molecule has 2 aliphatic rings. The third-order valence-corrected chi connectivity index (χ3v) is 8.72. The standard InChI is InChI=1S/C33H36N2O7S/c1-7-40-26-16-21(8-11-25(26)41-13-12-17(2)3)28-27(29(37)22-9-10-24-23(15-22)14-18(4)42-24)30(38)32(39)35(28)33-34-19(5)31(43-33)20(6)36/h8-11,15-18,28,37H,7,12-14H2,1-6H3/t18-,28-/m0/s1. The number of nitrogens with zero attached hydrogens (tertiary/aromatic N) is 2. The van der Waals surface area contributed by atoms with Crippen LogP contribution < -0.4 is 19.1 Å². The molecule has 0 saturated carbocycles. The molecular formula is C33H36N2O7S. The molecule has 5 rings (SSSR count). The summed E-state index contributed by atoms with van der Waals surface area (Å²) in [6.45, 7) is 12.0. The zero-order valence-corrected chi connectivity index (χ0v) is 26.0. The van der Waals surface area contributed by atoms with Crippen molar-refractivity contribution < 1.29 is 33.7 Å². The Morgan fingerprint density at radius 1 is 1.16 bits per heavy atom. The normalized spacial score (nSPS) is 19.1. The molecule has 2 aliphatic heterocycles. The average molecular weight is 605 g/mol. The van der Waals surface area contributed by atoms with Crippen molar-refractivity contribution in [3.05, 3.63) is 69.2 Å². The number of ether oxygens (including phenoxy) is 3. The molecule has 226 valence electrons. The second kappa shape index (κ2) is 12.2. The molecule has 3 aromatic rings. The Kier molecular flexibility index (Phi) is 8.59. The molecule has 10 heteroatoms. The summed E-state index contributed by atoms with van der Waals surface area (Å²) in [6.07, 6.45) is 1.52. The van der Waals surface area contributed by atoms with E-state index in [2.05, 4.69) is 18.8 Å². The van der Waals surface area contributed by atoms with Gasteiger partial charge in [-0.15, -0.1) is 0 Å². The fourth-order valence-electron chi connectivity index (χ4n) is 5.37. The van der Waals surface area contributed by atoms with E-state index in [-0.39, 0.29) is 28.4 Å². The van der Waals surface area contributed by atoms with Crippen LogP contribution in [0.1, 0.15) is 79.1 Å². The predicted octanol–water partition coefficient (Wildman–Crippen LogP) is 6.43. The number of aliphatic hydroxyl groups excluding tert-OH is 1. The van der Waals surface area contributed by atoms with Crippen LogP contribution in [0.4, 0.5) is 5.13 Å². The molecule has 1 aromatic heterocycles. The average Bonchev–Trinajstić information content (AvgIpc) is 3.60. The van der Waals surface area contributed by atoms with Gasteiger partial charge in [0.1, 0.15) is 17.6 Å². The van der Waals surface area contributed by atoms with E-state index in [1.54, 1.807) is 43.3 Å². The van der Waals surface area contributed by atoms with Gasteiger partial charge in [0.05, 0.1) is 35.4 Å². The third kappa shape index (κ3) is 5.88. The molecule has 2 atom stereocenters. The first kappa shape index (κ1) is 30.3. The summed E-state index contributed by atoms with van der Waals surface area (Å²) in [6, 6.07) is 9.44. The lowest BCUT2D eigenvalue weighted by atomic mass is 9.94. The molecule has 9 nitrogen and oxygen atoms in total. The first-order valence-electron chi connectivity index (χ1n) is 14.5. The molecule has 0 bridgehead atoms. The van der Waals surface area contributed by atoms with Crippen LogP contribution >= 0.6 is 11.3 Å². The zero-order valence-electron chi connectivity index (χ0n) is 25.2. The number of benzene rings is 2. The number of rotatable bonds is 10. The van der Waals surface area contributed by atoms with E-state index < -0.39 is 17.7 Å². The molecule has 0 spiro atoms. The number of fused-ring (bicyclic) bond motifs is 1. The number of carbonyl (C=O) groups excluding carboxylic acids is 3. The maximum atomic E-state index is 13.7. The highest BCUT2D eigenvalue weighted by molar-refractivity contribution is 7.18. The number of aryl methyl sites for hydroxylation is 1. The zero-order chi connectivity index (χ0) is 31.0. The highest BCUT2D eigenvalue weighted by atomic mass is 32.1. The quantitative estimate of drug-likeness (QED) is 0.122. The number of aliphatic hydroxyl groups is 1. The molecular weight excluding hydrogens is 568 g/mol. The van der Waals surface area contributed by atoms with Crippen molar-refractivity contribution >= 4 is 39.7 Å².